The number of hydrogen-bond donors (Lipinski definition) is 1. The van der Waals surface area contributed by atoms with Crippen LogP contribution in [0.25, 0.3) is 0 Å². The summed E-state index contributed by atoms with van der Waals surface area (Å²) in [6.07, 6.45) is 0.410. The lowest BCUT2D eigenvalue weighted by molar-refractivity contribution is -0.121. The van der Waals surface area contributed by atoms with E-state index in [0.717, 1.165) is 11.1 Å². The zero-order chi connectivity index (χ0) is 18.4. The van der Waals surface area contributed by atoms with Crippen molar-refractivity contribution in [3.63, 3.8) is 0 Å². The molecule has 0 spiro atoms. The van der Waals surface area contributed by atoms with Gasteiger partial charge in [-0.1, -0.05) is 84.9 Å². The summed E-state index contributed by atoms with van der Waals surface area (Å²) in [5.74, 6) is 0.182. The molecule has 1 N–H and O–H groups in total. The molecule has 2 nitrogen and oxygen atoms in total. The number of carbonyl (C=O) groups excluding carboxylic acids is 1. The zero-order valence-corrected chi connectivity index (χ0v) is 15.4. The van der Waals surface area contributed by atoms with E-state index in [1.54, 1.807) is 0 Å². The quantitative estimate of drug-likeness (QED) is 0.679. The molecule has 3 aromatic carbocycles. The van der Waals surface area contributed by atoms with E-state index < -0.39 is 0 Å². The minimum Gasteiger partial charge on any atom is -0.352 e. The van der Waals surface area contributed by atoms with Crippen LogP contribution in [0.3, 0.4) is 0 Å². The summed E-state index contributed by atoms with van der Waals surface area (Å²) in [6, 6.07) is 28.8. The fourth-order valence-corrected chi connectivity index (χ4v) is 3.46. The van der Waals surface area contributed by atoms with Gasteiger partial charge < -0.3 is 5.32 Å². The van der Waals surface area contributed by atoms with E-state index in [4.69, 9.17) is 0 Å². The lowest BCUT2D eigenvalue weighted by Gasteiger charge is -2.26. The molecule has 1 amide bonds. The summed E-state index contributed by atoms with van der Waals surface area (Å²) in [5, 5.41) is 3.21. The topological polar surface area (TPSA) is 29.1 Å². The monoisotopic (exact) mass is 343 g/mol. The van der Waals surface area contributed by atoms with Crippen molar-refractivity contribution in [3.05, 3.63) is 107 Å². The lowest BCUT2D eigenvalue weighted by Crippen LogP contribution is -2.38. The Hall–Kier alpha value is -2.87. The van der Waals surface area contributed by atoms with Crippen LogP contribution in [0, 0.1) is 6.92 Å². The Morgan fingerprint density at radius 1 is 0.808 bits per heavy atom. The molecule has 26 heavy (non-hydrogen) atoms. The highest BCUT2D eigenvalue weighted by Gasteiger charge is 2.22. The lowest BCUT2D eigenvalue weighted by atomic mass is 9.85. The fraction of sp³-hybridized carbons (Fsp3) is 0.208. The first-order valence-electron chi connectivity index (χ1n) is 9.09. The van der Waals surface area contributed by atoms with Crippen molar-refractivity contribution in [1.82, 2.24) is 5.32 Å². The van der Waals surface area contributed by atoms with Gasteiger partial charge in [-0.2, -0.15) is 0 Å². The van der Waals surface area contributed by atoms with Crippen molar-refractivity contribution in [1.29, 1.82) is 0 Å². The van der Waals surface area contributed by atoms with Gasteiger partial charge in [0.25, 0.3) is 0 Å². The van der Waals surface area contributed by atoms with Crippen molar-refractivity contribution in [2.45, 2.75) is 32.2 Å². The van der Waals surface area contributed by atoms with Gasteiger partial charge in [0, 0.05) is 12.0 Å². The van der Waals surface area contributed by atoms with Crippen molar-refractivity contribution in [2.24, 2.45) is 0 Å². The molecule has 0 heterocycles. The maximum atomic E-state index is 12.6. The van der Waals surface area contributed by atoms with Crippen LogP contribution in [0.4, 0.5) is 0 Å². The minimum absolute atomic E-state index is 0.00341. The molecule has 132 valence electrons. The van der Waals surface area contributed by atoms with Crippen LogP contribution in [0.1, 0.15) is 35.1 Å². The predicted molar refractivity (Wildman–Crippen MR) is 107 cm³/mol. The first-order valence-corrected chi connectivity index (χ1v) is 9.09. The highest BCUT2D eigenvalue weighted by atomic mass is 16.1. The van der Waals surface area contributed by atoms with Crippen molar-refractivity contribution in [2.75, 3.05) is 0 Å². The molecule has 3 rings (SSSR count). The second-order valence-electron chi connectivity index (χ2n) is 6.76. The summed E-state index contributed by atoms with van der Waals surface area (Å²) in [5.41, 5.74) is 4.65. The van der Waals surface area contributed by atoms with Crippen molar-refractivity contribution < 1.29 is 4.79 Å². The predicted octanol–water partition coefficient (Wildman–Crippen LogP) is 4.87. The van der Waals surface area contributed by atoms with Crippen LogP contribution in [0.2, 0.25) is 0 Å². The van der Waals surface area contributed by atoms with E-state index in [-0.39, 0.29) is 17.9 Å². The number of hydrogen-bond acceptors (Lipinski definition) is 1. The van der Waals surface area contributed by atoms with Gasteiger partial charge in [-0.05, 0) is 36.1 Å². The molecule has 0 aliphatic rings. The summed E-state index contributed by atoms with van der Waals surface area (Å²) < 4.78 is 0. The van der Waals surface area contributed by atoms with Gasteiger partial charge in [0.15, 0.2) is 0 Å². The number of rotatable bonds is 6. The SMILES string of the molecule is Cc1ccccc1CC(=O)NC(C)C(c1ccccc1)c1ccccc1. The molecule has 0 aliphatic heterocycles. The van der Waals surface area contributed by atoms with Crippen LogP contribution in [0.15, 0.2) is 84.9 Å². The average molecular weight is 343 g/mol. The maximum absolute atomic E-state index is 12.6. The molecule has 0 fully saturated rings. The standard InChI is InChI=1S/C24H25NO/c1-18-11-9-10-16-22(18)17-23(26)25-19(2)24(20-12-5-3-6-13-20)21-14-7-4-8-15-21/h3-16,19,24H,17H2,1-2H3,(H,25,26). The summed E-state index contributed by atoms with van der Waals surface area (Å²) in [7, 11) is 0. The van der Waals surface area contributed by atoms with Gasteiger partial charge in [-0.15, -0.1) is 0 Å². The molecule has 0 saturated carbocycles. The number of carbonyl (C=O) groups is 1. The smallest absolute Gasteiger partial charge is 0.224 e. The Kier molecular flexibility index (Phi) is 5.85. The molecule has 1 atom stereocenters. The first kappa shape index (κ1) is 17.9. The fourth-order valence-electron chi connectivity index (χ4n) is 3.46. The third-order valence-electron chi connectivity index (χ3n) is 4.82. The Balaban J connectivity index is 1.79. The van der Waals surface area contributed by atoms with Crippen molar-refractivity contribution in [3.8, 4) is 0 Å². The number of nitrogens with one attached hydrogen (secondary N) is 1. The molecule has 0 bridgehead atoms. The van der Waals surface area contributed by atoms with Gasteiger partial charge in [0.05, 0.1) is 6.42 Å². The largest absolute Gasteiger partial charge is 0.352 e. The Bertz CT molecular complexity index is 803. The summed E-state index contributed by atoms with van der Waals surface area (Å²) in [4.78, 5) is 12.6. The summed E-state index contributed by atoms with van der Waals surface area (Å²) >= 11 is 0. The molecule has 0 saturated heterocycles. The minimum atomic E-state index is -0.00341. The normalized spacial score (nSPS) is 12.0. The number of benzene rings is 3. The Labute approximate surface area is 155 Å². The van der Waals surface area contributed by atoms with Crippen LogP contribution in [-0.2, 0) is 11.2 Å². The van der Waals surface area contributed by atoms with Crippen LogP contribution < -0.4 is 5.32 Å². The van der Waals surface area contributed by atoms with E-state index in [1.165, 1.54) is 11.1 Å². The maximum Gasteiger partial charge on any atom is 0.224 e. The highest BCUT2D eigenvalue weighted by molar-refractivity contribution is 5.79. The number of aryl methyl sites for hydroxylation is 1. The Morgan fingerprint density at radius 3 is 1.85 bits per heavy atom. The molecule has 2 heteroatoms. The molecule has 0 radical (unpaired) electrons. The van der Waals surface area contributed by atoms with E-state index >= 15 is 0 Å². The summed E-state index contributed by atoms with van der Waals surface area (Å²) in [6.45, 7) is 4.13. The second kappa shape index (κ2) is 8.48. The van der Waals surface area contributed by atoms with Gasteiger partial charge in [-0.3, -0.25) is 4.79 Å². The van der Waals surface area contributed by atoms with E-state index in [0.29, 0.717) is 6.42 Å². The van der Waals surface area contributed by atoms with E-state index in [2.05, 4.69) is 36.5 Å². The third kappa shape index (κ3) is 4.40. The Morgan fingerprint density at radius 2 is 1.31 bits per heavy atom. The highest BCUT2D eigenvalue weighted by Crippen LogP contribution is 2.28. The van der Waals surface area contributed by atoms with E-state index in [1.807, 2.05) is 67.6 Å². The molecule has 1 unspecified atom stereocenters. The van der Waals surface area contributed by atoms with Crippen LogP contribution >= 0.6 is 0 Å². The third-order valence-corrected chi connectivity index (χ3v) is 4.82. The second-order valence-corrected chi connectivity index (χ2v) is 6.76. The van der Waals surface area contributed by atoms with Gasteiger partial charge in [0.1, 0.15) is 0 Å². The van der Waals surface area contributed by atoms with Gasteiger partial charge in [0.2, 0.25) is 5.91 Å². The van der Waals surface area contributed by atoms with Gasteiger partial charge in [-0.25, -0.2) is 0 Å². The average Bonchev–Trinajstić information content (AvgIpc) is 2.65. The molecule has 3 aromatic rings. The molecular formula is C24H25NO. The number of amides is 1. The van der Waals surface area contributed by atoms with E-state index in [9.17, 15) is 4.79 Å². The zero-order valence-electron chi connectivity index (χ0n) is 15.4. The molecular weight excluding hydrogens is 318 g/mol. The van der Waals surface area contributed by atoms with Gasteiger partial charge >= 0.3 is 0 Å². The van der Waals surface area contributed by atoms with Crippen LogP contribution in [0.5, 0.6) is 0 Å². The molecule has 0 aromatic heterocycles. The van der Waals surface area contributed by atoms with Crippen molar-refractivity contribution >= 4 is 5.91 Å². The van der Waals surface area contributed by atoms with Crippen LogP contribution in [-0.4, -0.2) is 11.9 Å². The first-order chi connectivity index (χ1) is 12.6. The molecule has 0 aliphatic carbocycles.